The van der Waals surface area contributed by atoms with Crippen LogP contribution < -0.4 is 0 Å². The van der Waals surface area contributed by atoms with Crippen molar-refractivity contribution in [2.75, 3.05) is 0 Å². The molecule has 0 N–H and O–H groups in total. The van der Waals surface area contributed by atoms with Gasteiger partial charge in [0.15, 0.2) is 11.5 Å². The fourth-order valence-corrected chi connectivity index (χ4v) is 2.15. The molecule has 3 heterocycles. The van der Waals surface area contributed by atoms with E-state index in [1.165, 1.54) is 13.1 Å². The molecule has 0 aliphatic heterocycles. The van der Waals surface area contributed by atoms with Gasteiger partial charge < -0.3 is 13.3 Å². The summed E-state index contributed by atoms with van der Waals surface area (Å²) in [5, 5.41) is 0. The lowest BCUT2D eigenvalue weighted by atomic mass is 10.3. The second-order valence-corrected chi connectivity index (χ2v) is 4.98. The molecule has 22 heavy (non-hydrogen) atoms. The zero-order valence-electron chi connectivity index (χ0n) is 12.2. The summed E-state index contributed by atoms with van der Waals surface area (Å²) < 4.78 is 16.2. The van der Waals surface area contributed by atoms with Crippen molar-refractivity contribution in [3.63, 3.8) is 0 Å². The van der Waals surface area contributed by atoms with E-state index in [0.717, 1.165) is 11.5 Å². The standard InChI is InChI=1S/C16H16N2O4/c1-12(19)15-8-17-16(22-15)11-18(9-13-4-2-6-20-13)10-14-5-3-7-21-14/h2-8H,9-11H2,1H3. The SMILES string of the molecule is CC(=O)c1cnc(CN(Cc2ccco2)Cc2ccco2)o1. The third kappa shape index (κ3) is 3.53. The number of hydrogen-bond donors (Lipinski definition) is 0. The minimum Gasteiger partial charge on any atom is -0.468 e. The van der Waals surface area contributed by atoms with Crippen LogP contribution in [0, 0.1) is 0 Å². The summed E-state index contributed by atoms with van der Waals surface area (Å²) in [7, 11) is 0. The lowest BCUT2D eigenvalue weighted by Crippen LogP contribution is -2.22. The van der Waals surface area contributed by atoms with Gasteiger partial charge >= 0.3 is 0 Å². The van der Waals surface area contributed by atoms with Crippen molar-refractivity contribution in [3.8, 4) is 0 Å². The second kappa shape index (κ2) is 6.44. The van der Waals surface area contributed by atoms with Crippen LogP contribution in [0.2, 0.25) is 0 Å². The molecule has 0 aliphatic carbocycles. The molecule has 0 fully saturated rings. The van der Waals surface area contributed by atoms with E-state index >= 15 is 0 Å². The fraction of sp³-hybridized carbons (Fsp3) is 0.250. The van der Waals surface area contributed by atoms with Gasteiger partial charge in [0, 0.05) is 6.92 Å². The Labute approximate surface area is 127 Å². The number of ketones is 1. The van der Waals surface area contributed by atoms with E-state index in [-0.39, 0.29) is 11.5 Å². The highest BCUT2D eigenvalue weighted by molar-refractivity contribution is 5.90. The van der Waals surface area contributed by atoms with Crippen LogP contribution in [-0.2, 0) is 19.6 Å². The van der Waals surface area contributed by atoms with E-state index in [9.17, 15) is 4.79 Å². The summed E-state index contributed by atoms with van der Waals surface area (Å²) in [6.07, 6.45) is 4.73. The molecule has 6 heteroatoms. The molecule has 3 rings (SSSR count). The van der Waals surface area contributed by atoms with E-state index in [1.54, 1.807) is 12.5 Å². The zero-order chi connectivity index (χ0) is 15.4. The Bertz CT molecular complexity index is 677. The van der Waals surface area contributed by atoms with E-state index in [0.29, 0.717) is 25.5 Å². The molecule has 0 atom stereocenters. The molecule has 0 amide bonds. The Kier molecular flexibility index (Phi) is 4.20. The first kappa shape index (κ1) is 14.3. The highest BCUT2D eigenvalue weighted by Crippen LogP contribution is 2.15. The van der Waals surface area contributed by atoms with Crippen molar-refractivity contribution in [1.29, 1.82) is 0 Å². The molecule has 0 saturated carbocycles. The average Bonchev–Trinajstić information content (AvgIpc) is 3.19. The van der Waals surface area contributed by atoms with Crippen molar-refractivity contribution < 1.29 is 18.0 Å². The number of furan rings is 2. The highest BCUT2D eigenvalue weighted by Gasteiger charge is 2.15. The van der Waals surface area contributed by atoms with Crippen molar-refractivity contribution in [2.45, 2.75) is 26.6 Å². The molecule has 3 aromatic rings. The summed E-state index contributed by atoms with van der Waals surface area (Å²) in [6, 6.07) is 7.51. The van der Waals surface area contributed by atoms with Crippen LogP contribution in [0.25, 0.3) is 0 Å². The second-order valence-electron chi connectivity index (χ2n) is 4.98. The van der Waals surface area contributed by atoms with Gasteiger partial charge in [-0.2, -0.15) is 0 Å². The Morgan fingerprint density at radius 1 is 1.09 bits per heavy atom. The van der Waals surface area contributed by atoms with Gasteiger partial charge in [0.2, 0.25) is 5.89 Å². The molecule has 0 spiro atoms. The topological polar surface area (TPSA) is 72.6 Å². The average molecular weight is 300 g/mol. The van der Waals surface area contributed by atoms with Gasteiger partial charge in [-0.05, 0) is 24.3 Å². The van der Waals surface area contributed by atoms with Crippen LogP contribution >= 0.6 is 0 Å². The predicted molar refractivity (Wildman–Crippen MR) is 76.9 cm³/mol. The molecule has 0 saturated heterocycles. The summed E-state index contributed by atoms with van der Waals surface area (Å²) in [5.74, 6) is 2.30. The first-order valence-corrected chi connectivity index (χ1v) is 6.93. The normalized spacial score (nSPS) is 11.2. The van der Waals surface area contributed by atoms with Crippen LogP contribution in [0.5, 0.6) is 0 Å². The maximum atomic E-state index is 11.3. The summed E-state index contributed by atoms with van der Waals surface area (Å²) in [4.78, 5) is 17.5. The monoisotopic (exact) mass is 300 g/mol. The largest absolute Gasteiger partial charge is 0.468 e. The van der Waals surface area contributed by atoms with Crippen LogP contribution in [0.1, 0.15) is 34.9 Å². The van der Waals surface area contributed by atoms with Crippen LogP contribution in [0.3, 0.4) is 0 Å². The number of oxazole rings is 1. The lowest BCUT2D eigenvalue weighted by Gasteiger charge is -2.18. The van der Waals surface area contributed by atoms with Crippen molar-refractivity contribution in [3.05, 3.63) is 66.2 Å². The number of rotatable bonds is 7. The molecular formula is C16H16N2O4. The maximum Gasteiger partial charge on any atom is 0.209 e. The molecule has 0 bridgehead atoms. The maximum absolute atomic E-state index is 11.3. The molecule has 0 aromatic carbocycles. The minimum atomic E-state index is -0.137. The number of carbonyl (C=O) groups excluding carboxylic acids is 1. The van der Waals surface area contributed by atoms with E-state index < -0.39 is 0 Å². The Morgan fingerprint density at radius 3 is 2.18 bits per heavy atom. The summed E-state index contributed by atoms with van der Waals surface area (Å²) >= 11 is 0. The third-order valence-corrected chi connectivity index (χ3v) is 3.18. The third-order valence-electron chi connectivity index (χ3n) is 3.18. The van der Waals surface area contributed by atoms with Crippen molar-refractivity contribution >= 4 is 5.78 Å². The highest BCUT2D eigenvalue weighted by atomic mass is 16.4. The molecule has 0 aliphatic rings. The van der Waals surface area contributed by atoms with Gasteiger partial charge in [0.05, 0.1) is 38.4 Å². The van der Waals surface area contributed by atoms with E-state index in [1.807, 2.05) is 24.3 Å². The molecule has 0 radical (unpaired) electrons. The smallest absolute Gasteiger partial charge is 0.209 e. The fourth-order valence-electron chi connectivity index (χ4n) is 2.15. The lowest BCUT2D eigenvalue weighted by molar-refractivity contribution is 0.0981. The Morgan fingerprint density at radius 2 is 1.73 bits per heavy atom. The summed E-state index contributed by atoms with van der Waals surface area (Å²) in [5.41, 5.74) is 0. The Balaban J connectivity index is 1.73. The summed E-state index contributed by atoms with van der Waals surface area (Å²) in [6.45, 7) is 3.08. The van der Waals surface area contributed by atoms with Gasteiger partial charge in [-0.1, -0.05) is 0 Å². The first-order chi connectivity index (χ1) is 10.7. The van der Waals surface area contributed by atoms with Crippen molar-refractivity contribution in [1.82, 2.24) is 9.88 Å². The number of Topliss-reactive ketones (excluding diaryl/α,β-unsaturated/α-hetero) is 1. The van der Waals surface area contributed by atoms with Gasteiger partial charge in [-0.25, -0.2) is 4.98 Å². The van der Waals surface area contributed by atoms with Crippen LogP contribution in [0.15, 0.2) is 56.2 Å². The van der Waals surface area contributed by atoms with Crippen LogP contribution in [0.4, 0.5) is 0 Å². The zero-order valence-corrected chi connectivity index (χ0v) is 12.2. The number of nitrogens with zero attached hydrogens (tertiary/aromatic N) is 2. The quantitative estimate of drug-likeness (QED) is 0.624. The number of hydrogen-bond acceptors (Lipinski definition) is 6. The van der Waals surface area contributed by atoms with Gasteiger partial charge in [0.25, 0.3) is 0 Å². The van der Waals surface area contributed by atoms with Crippen molar-refractivity contribution in [2.24, 2.45) is 0 Å². The van der Waals surface area contributed by atoms with Gasteiger partial charge in [-0.15, -0.1) is 0 Å². The minimum absolute atomic E-state index is 0.137. The number of aromatic nitrogens is 1. The molecule has 6 nitrogen and oxygen atoms in total. The molecular weight excluding hydrogens is 284 g/mol. The van der Waals surface area contributed by atoms with Gasteiger partial charge in [-0.3, -0.25) is 9.69 Å². The Hall–Kier alpha value is -2.60. The molecule has 114 valence electrons. The van der Waals surface area contributed by atoms with Crippen LogP contribution in [-0.4, -0.2) is 15.7 Å². The predicted octanol–water partition coefficient (Wildman–Crippen LogP) is 3.27. The van der Waals surface area contributed by atoms with E-state index in [2.05, 4.69) is 9.88 Å². The molecule has 0 unspecified atom stereocenters. The first-order valence-electron chi connectivity index (χ1n) is 6.93. The van der Waals surface area contributed by atoms with Gasteiger partial charge in [0.1, 0.15) is 11.5 Å². The van der Waals surface area contributed by atoms with E-state index in [4.69, 9.17) is 13.3 Å². The number of carbonyl (C=O) groups is 1. The molecule has 3 aromatic heterocycles.